The highest BCUT2D eigenvalue weighted by Crippen LogP contribution is 2.36. The molecule has 50 heavy (non-hydrogen) atoms. The summed E-state index contributed by atoms with van der Waals surface area (Å²) in [5, 5.41) is 0. The number of benzene rings is 2. The molecule has 0 spiro atoms. The van der Waals surface area contributed by atoms with Crippen molar-refractivity contribution in [2.75, 3.05) is 106 Å². The Morgan fingerprint density at radius 3 is 1.18 bits per heavy atom. The molecule has 12 nitrogen and oxygen atoms in total. The molecule has 2 aromatic rings. The van der Waals surface area contributed by atoms with Crippen molar-refractivity contribution in [3.05, 3.63) is 71.8 Å². The van der Waals surface area contributed by atoms with Gasteiger partial charge in [-0.25, -0.2) is 0 Å². The Hall–Kier alpha value is -2.92. The van der Waals surface area contributed by atoms with Gasteiger partial charge in [-0.05, 0) is 0 Å². The van der Waals surface area contributed by atoms with E-state index in [0.717, 1.165) is 11.1 Å². The summed E-state index contributed by atoms with van der Waals surface area (Å²) in [6, 6.07) is 19.6. The fourth-order valence-corrected chi connectivity index (χ4v) is 5.19. The van der Waals surface area contributed by atoms with Crippen LogP contribution in [0, 0.1) is 24.7 Å². The maximum atomic E-state index is 6.63. The van der Waals surface area contributed by atoms with Gasteiger partial charge in [-0.2, -0.15) is 0 Å². The SMILES string of the molecule is C#CCOCCOCCOCCO[C@@H]1COC(c2ccccc2)O[C@H]1[C@@H]1OC(c2ccccc2)OC[C@H]1OCCOCCOCCOCC#C. The first-order valence-electron chi connectivity index (χ1n) is 17.0. The van der Waals surface area contributed by atoms with E-state index in [9.17, 15) is 0 Å². The lowest BCUT2D eigenvalue weighted by Crippen LogP contribution is -2.57. The van der Waals surface area contributed by atoms with Gasteiger partial charge in [0.15, 0.2) is 12.6 Å². The first-order chi connectivity index (χ1) is 24.8. The maximum Gasteiger partial charge on any atom is 0.184 e. The van der Waals surface area contributed by atoms with E-state index in [1.165, 1.54) is 0 Å². The first kappa shape index (κ1) is 39.9. The topological polar surface area (TPSA) is 111 Å². The van der Waals surface area contributed by atoms with Gasteiger partial charge in [0.25, 0.3) is 0 Å². The number of hydrogen-bond acceptors (Lipinski definition) is 12. The molecule has 2 aromatic carbocycles. The third kappa shape index (κ3) is 14.7. The molecule has 0 N–H and O–H groups in total. The van der Waals surface area contributed by atoms with E-state index in [1.807, 2.05) is 60.7 Å². The fraction of sp³-hybridized carbons (Fsp3) is 0.579. The van der Waals surface area contributed by atoms with Crippen molar-refractivity contribution in [1.82, 2.24) is 0 Å². The third-order valence-electron chi connectivity index (χ3n) is 7.56. The molecule has 6 atom stereocenters. The highest BCUT2D eigenvalue weighted by molar-refractivity contribution is 5.18. The number of terminal acetylenes is 2. The third-order valence-corrected chi connectivity index (χ3v) is 7.56. The average Bonchev–Trinajstić information content (AvgIpc) is 3.17. The Balaban J connectivity index is 1.32. The number of rotatable bonds is 25. The van der Waals surface area contributed by atoms with Gasteiger partial charge in [0.05, 0.1) is 92.5 Å². The van der Waals surface area contributed by atoms with Crippen LogP contribution in [-0.2, 0) is 56.8 Å². The minimum atomic E-state index is -0.610. The zero-order valence-electron chi connectivity index (χ0n) is 28.6. The van der Waals surface area contributed by atoms with Gasteiger partial charge in [-0.1, -0.05) is 72.5 Å². The van der Waals surface area contributed by atoms with Gasteiger partial charge in [-0.15, -0.1) is 12.8 Å². The largest absolute Gasteiger partial charge is 0.377 e. The van der Waals surface area contributed by atoms with Crippen molar-refractivity contribution in [2.24, 2.45) is 0 Å². The number of hydrogen-bond donors (Lipinski definition) is 0. The lowest BCUT2D eigenvalue weighted by atomic mass is 10.00. The van der Waals surface area contributed by atoms with E-state index in [4.69, 9.17) is 69.7 Å². The molecule has 0 amide bonds. The van der Waals surface area contributed by atoms with Gasteiger partial charge < -0.3 is 56.8 Å². The Bertz CT molecular complexity index is 1120. The van der Waals surface area contributed by atoms with Crippen LogP contribution in [0.25, 0.3) is 0 Å². The van der Waals surface area contributed by atoms with Crippen LogP contribution in [0.4, 0.5) is 0 Å². The summed E-state index contributed by atoms with van der Waals surface area (Å²) in [4.78, 5) is 0. The Kier molecular flexibility index (Phi) is 20.0. The molecule has 0 aliphatic carbocycles. The lowest BCUT2D eigenvalue weighted by molar-refractivity contribution is -0.340. The van der Waals surface area contributed by atoms with Crippen LogP contribution in [0.3, 0.4) is 0 Å². The predicted octanol–water partition coefficient (Wildman–Crippen LogP) is 3.35. The summed E-state index contributed by atoms with van der Waals surface area (Å²) >= 11 is 0. The summed E-state index contributed by atoms with van der Waals surface area (Å²) in [5.74, 6) is 4.84. The Morgan fingerprint density at radius 1 is 0.480 bits per heavy atom. The molecule has 2 unspecified atom stereocenters. The van der Waals surface area contributed by atoms with Crippen LogP contribution in [0.15, 0.2) is 60.7 Å². The normalized spacial score (nSPS) is 23.6. The second-order valence-corrected chi connectivity index (χ2v) is 11.1. The average molecular weight is 699 g/mol. The summed E-state index contributed by atoms with van der Waals surface area (Å²) in [7, 11) is 0. The van der Waals surface area contributed by atoms with E-state index in [1.54, 1.807) is 0 Å². The quantitative estimate of drug-likeness (QED) is 0.112. The summed E-state index contributed by atoms with van der Waals surface area (Å²) < 4.78 is 71.1. The zero-order valence-corrected chi connectivity index (χ0v) is 28.6. The molecule has 0 aromatic heterocycles. The van der Waals surface area contributed by atoms with Gasteiger partial charge in [-0.3, -0.25) is 0 Å². The van der Waals surface area contributed by atoms with Crippen molar-refractivity contribution in [2.45, 2.75) is 37.0 Å². The van der Waals surface area contributed by atoms with E-state index < -0.39 is 37.0 Å². The molecule has 274 valence electrons. The van der Waals surface area contributed by atoms with Crippen molar-refractivity contribution < 1.29 is 56.8 Å². The summed E-state index contributed by atoms with van der Waals surface area (Å²) in [6.07, 6.45) is 7.09. The van der Waals surface area contributed by atoms with Gasteiger partial charge in [0, 0.05) is 11.1 Å². The molecular formula is C38H50O12. The molecule has 2 saturated heterocycles. The highest BCUT2D eigenvalue weighted by Gasteiger charge is 2.46. The molecule has 0 radical (unpaired) electrons. The smallest absolute Gasteiger partial charge is 0.184 e. The molecule has 2 aliphatic heterocycles. The predicted molar refractivity (Wildman–Crippen MR) is 182 cm³/mol. The summed E-state index contributed by atoms with van der Waals surface area (Å²) in [5.41, 5.74) is 1.79. The van der Waals surface area contributed by atoms with E-state index in [0.29, 0.717) is 79.3 Å². The van der Waals surface area contributed by atoms with Gasteiger partial charge in [0.2, 0.25) is 0 Å². The molecule has 0 bridgehead atoms. The molecule has 4 rings (SSSR count). The highest BCUT2D eigenvalue weighted by atomic mass is 16.7. The second kappa shape index (κ2) is 25.1. The fourth-order valence-electron chi connectivity index (χ4n) is 5.19. The van der Waals surface area contributed by atoms with Crippen LogP contribution in [0.5, 0.6) is 0 Å². The monoisotopic (exact) mass is 698 g/mol. The minimum absolute atomic E-state index is 0.272. The van der Waals surface area contributed by atoms with Crippen LogP contribution >= 0.6 is 0 Å². The molecule has 2 fully saturated rings. The van der Waals surface area contributed by atoms with E-state index >= 15 is 0 Å². The Labute approximate surface area is 295 Å². The van der Waals surface area contributed by atoms with E-state index in [2.05, 4.69) is 11.8 Å². The second-order valence-electron chi connectivity index (χ2n) is 11.1. The minimum Gasteiger partial charge on any atom is -0.377 e. The zero-order chi connectivity index (χ0) is 34.9. The first-order valence-corrected chi connectivity index (χ1v) is 17.0. The van der Waals surface area contributed by atoms with Gasteiger partial charge >= 0.3 is 0 Å². The van der Waals surface area contributed by atoms with Crippen LogP contribution in [0.1, 0.15) is 23.7 Å². The Morgan fingerprint density at radius 2 is 0.820 bits per heavy atom. The molecule has 2 aliphatic rings. The van der Waals surface area contributed by atoms with Gasteiger partial charge in [0.1, 0.15) is 37.6 Å². The summed E-state index contributed by atoms with van der Waals surface area (Å²) in [6.45, 7) is 5.96. The molecule has 2 heterocycles. The van der Waals surface area contributed by atoms with Crippen LogP contribution in [0.2, 0.25) is 0 Å². The standard InChI is InChI=1S/C38H50O12/c1-3-15-39-17-19-41-21-23-43-25-27-45-33-29-47-37(31-11-7-5-8-12-31)49-35(33)36-34(30-48-38(50-36)32-13-9-6-10-14-32)46-28-26-44-24-22-42-20-18-40-16-4-2/h1-2,5-14,33-38H,15-30H2/t33-,34-,35-,36-,37?,38?/m1/s1. The van der Waals surface area contributed by atoms with Crippen molar-refractivity contribution in [1.29, 1.82) is 0 Å². The molecule has 12 heteroatoms. The van der Waals surface area contributed by atoms with Crippen LogP contribution < -0.4 is 0 Å². The van der Waals surface area contributed by atoms with Crippen molar-refractivity contribution in [3.63, 3.8) is 0 Å². The van der Waals surface area contributed by atoms with E-state index in [-0.39, 0.29) is 26.4 Å². The van der Waals surface area contributed by atoms with Crippen LogP contribution in [-0.4, -0.2) is 130 Å². The lowest BCUT2D eigenvalue weighted by Gasteiger charge is -2.45. The maximum absolute atomic E-state index is 6.63. The number of ether oxygens (including phenoxy) is 12. The van der Waals surface area contributed by atoms with Crippen molar-refractivity contribution in [3.8, 4) is 24.7 Å². The van der Waals surface area contributed by atoms with Crippen molar-refractivity contribution >= 4 is 0 Å². The molecular weight excluding hydrogens is 648 g/mol. The molecule has 0 saturated carbocycles.